The summed E-state index contributed by atoms with van der Waals surface area (Å²) in [6.07, 6.45) is 9.85. The minimum absolute atomic E-state index is 0.336. The van der Waals surface area contributed by atoms with Crippen molar-refractivity contribution in [1.29, 1.82) is 5.26 Å². The van der Waals surface area contributed by atoms with E-state index in [1.807, 2.05) is 0 Å². The highest BCUT2D eigenvalue weighted by Crippen LogP contribution is 2.38. The number of rotatable bonds is 6. The van der Waals surface area contributed by atoms with Gasteiger partial charge in [-0.1, -0.05) is 19.3 Å². The Balaban J connectivity index is 1.55. The molecule has 0 N–H and O–H groups in total. The van der Waals surface area contributed by atoms with E-state index in [0.29, 0.717) is 18.9 Å². The van der Waals surface area contributed by atoms with Crippen molar-refractivity contribution in [1.82, 2.24) is 9.47 Å². The number of aromatic nitrogens is 1. The lowest BCUT2D eigenvalue weighted by Crippen LogP contribution is -2.51. The molecule has 28 heavy (non-hydrogen) atoms. The quantitative estimate of drug-likeness (QED) is 0.555. The van der Waals surface area contributed by atoms with Crippen LogP contribution in [0.3, 0.4) is 0 Å². The van der Waals surface area contributed by atoms with E-state index in [2.05, 4.69) is 30.6 Å². The van der Waals surface area contributed by atoms with Crippen molar-refractivity contribution in [2.45, 2.75) is 70.4 Å². The maximum Gasteiger partial charge on any atom is 0.331 e. The number of carbonyl (C=O) groups is 2. The van der Waals surface area contributed by atoms with E-state index in [9.17, 15) is 14.9 Å². The van der Waals surface area contributed by atoms with Gasteiger partial charge in [-0.05, 0) is 57.2 Å². The van der Waals surface area contributed by atoms with E-state index < -0.39 is 11.5 Å². The van der Waals surface area contributed by atoms with E-state index in [1.165, 1.54) is 29.5 Å². The van der Waals surface area contributed by atoms with Crippen LogP contribution in [-0.4, -0.2) is 40.5 Å². The summed E-state index contributed by atoms with van der Waals surface area (Å²) in [5, 5.41) is 9.58. The van der Waals surface area contributed by atoms with Crippen LogP contribution in [0.2, 0.25) is 0 Å². The second-order valence-corrected chi connectivity index (χ2v) is 8.03. The second kappa shape index (κ2) is 8.22. The zero-order chi connectivity index (χ0) is 20.3. The lowest BCUT2D eigenvalue weighted by molar-refractivity contribution is -0.150. The average Bonchev–Trinajstić information content (AvgIpc) is 3.49. The third-order valence-corrected chi connectivity index (χ3v) is 6.08. The summed E-state index contributed by atoms with van der Waals surface area (Å²) in [4.78, 5) is 26.0. The highest BCUT2D eigenvalue weighted by molar-refractivity contribution is 5.89. The first-order chi connectivity index (χ1) is 13.4. The third kappa shape index (κ3) is 4.14. The summed E-state index contributed by atoms with van der Waals surface area (Å²) in [5.74, 6) is -0.885. The number of carbonyl (C=O) groups excluding carboxylic acids is 2. The Morgan fingerprint density at radius 2 is 2.00 bits per heavy atom. The number of amides is 1. The van der Waals surface area contributed by atoms with Crippen molar-refractivity contribution in [2.75, 3.05) is 13.7 Å². The summed E-state index contributed by atoms with van der Waals surface area (Å²) in [5.41, 5.74) is 2.57. The van der Waals surface area contributed by atoms with E-state index in [-0.39, 0.29) is 12.5 Å². The van der Waals surface area contributed by atoms with Crippen molar-refractivity contribution in [3.8, 4) is 6.07 Å². The smallest absolute Gasteiger partial charge is 0.331 e. The highest BCUT2D eigenvalue weighted by atomic mass is 16.5. The molecule has 1 aromatic heterocycles. The second-order valence-electron chi connectivity index (χ2n) is 8.03. The molecular weight excluding hydrogens is 354 g/mol. The standard InChI is InChI=1S/C22H29N3O3/c1-16-13-18(17(2)25(16)19-8-9-19)7-10-21(27)28-14-20(26)24(3)22(15-23)11-5-4-6-12-22/h7,10,13,19H,4-6,8-9,11-12,14H2,1-3H3/b10-7+. The van der Waals surface area contributed by atoms with E-state index in [0.717, 1.165) is 30.5 Å². The first-order valence-electron chi connectivity index (χ1n) is 10.1. The van der Waals surface area contributed by atoms with Gasteiger partial charge in [-0.25, -0.2) is 4.79 Å². The molecular formula is C22H29N3O3. The Hall–Kier alpha value is -2.55. The molecule has 6 heteroatoms. The number of hydrogen-bond acceptors (Lipinski definition) is 4. The summed E-state index contributed by atoms with van der Waals surface area (Å²) >= 11 is 0. The molecule has 1 heterocycles. The molecule has 0 aliphatic heterocycles. The molecule has 150 valence electrons. The molecule has 0 unspecified atom stereocenters. The molecule has 0 spiro atoms. The maximum atomic E-state index is 12.4. The van der Waals surface area contributed by atoms with Gasteiger partial charge in [0.05, 0.1) is 6.07 Å². The van der Waals surface area contributed by atoms with Crippen LogP contribution in [0.5, 0.6) is 0 Å². The normalized spacial score (nSPS) is 18.6. The fraction of sp³-hybridized carbons (Fsp3) is 0.591. The van der Waals surface area contributed by atoms with Gasteiger partial charge in [-0.15, -0.1) is 0 Å². The topological polar surface area (TPSA) is 75.3 Å². The Bertz CT molecular complexity index is 821. The summed E-state index contributed by atoms with van der Waals surface area (Å²) in [6.45, 7) is 3.79. The van der Waals surface area contributed by atoms with Gasteiger partial charge in [0, 0.05) is 30.6 Å². The number of aryl methyl sites for hydroxylation is 1. The van der Waals surface area contributed by atoms with Crippen molar-refractivity contribution >= 4 is 18.0 Å². The lowest BCUT2D eigenvalue weighted by atomic mass is 9.81. The van der Waals surface area contributed by atoms with E-state index in [4.69, 9.17) is 4.74 Å². The number of hydrogen-bond donors (Lipinski definition) is 0. The molecule has 1 amide bonds. The Morgan fingerprint density at radius 3 is 2.61 bits per heavy atom. The van der Waals surface area contributed by atoms with Crippen molar-refractivity contribution in [3.63, 3.8) is 0 Å². The first-order valence-corrected chi connectivity index (χ1v) is 10.1. The molecule has 2 aliphatic rings. The van der Waals surface area contributed by atoms with Crippen LogP contribution in [-0.2, 0) is 14.3 Å². The van der Waals surface area contributed by atoms with Crippen molar-refractivity contribution in [3.05, 3.63) is 29.1 Å². The number of likely N-dealkylation sites (N-methyl/N-ethyl adjacent to an activating group) is 1. The van der Waals surface area contributed by atoms with E-state index in [1.54, 1.807) is 13.1 Å². The Morgan fingerprint density at radius 1 is 1.32 bits per heavy atom. The summed E-state index contributed by atoms with van der Waals surface area (Å²) < 4.78 is 7.45. The van der Waals surface area contributed by atoms with Gasteiger partial charge in [-0.2, -0.15) is 5.26 Å². The SMILES string of the molecule is Cc1cc(/C=C/C(=O)OCC(=O)N(C)C2(C#N)CCCCC2)c(C)n1C1CC1. The maximum absolute atomic E-state index is 12.4. The van der Waals surface area contributed by atoms with Crippen LogP contribution in [0, 0.1) is 25.2 Å². The van der Waals surface area contributed by atoms with E-state index >= 15 is 0 Å². The van der Waals surface area contributed by atoms with Crippen LogP contribution in [0.1, 0.15) is 67.9 Å². The number of esters is 1. The fourth-order valence-corrected chi connectivity index (χ4v) is 4.20. The molecule has 2 saturated carbocycles. The number of nitrogens with zero attached hydrogens (tertiary/aromatic N) is 3. The van der Waals surface area contributed by atoms with Crippen LogP contribution < -0.4 is 0 Å². The van der Waals surface area contributed by atoms with Gasteiger partial charge in [-0.3, -0.25) is 4.79 Å². The zero-order valence-corrected chi connectivity index (χ0v) is 17.0. The highest BCUT2D eigenvalue weighted by Gasteiger charge is 2.38. The number of ether oxygens (including phenoxy) is 1. The molecule has 0 bridgehead atoms. The van der Waals surface area contributed by atoms with Crippen LogP contribution in [0.15, 0.2) is 12.1 Å². The molecule has 1 aromatic rings. The van der Waals surface area contributed by atoms with Gasteiger partial charge in [0.2, 0.25) is 0 Å². The largest absolute Gasteiger partial charge is 0.452 e. The molecule has 3 rings (SSSR count). The molecule has 0 radical (unpaired) electrons. The van der Waals surface area contributed by atoms with Gasteiger partial charge in [0.15, 0.2) is 6.61 Å². The van der Waals surface area contributed by atoms with Gasteiger partial charge in [0.25, 0.3) is 5.91 Å². The predicted molar refractivity (Wildman–Crippen MR) is 106 cm³/mol. The Kier molecular flexibility index (Phi) is 5.93. The first kappa shape index (κ1) is 20.2. The van der Waals surface area contributed by atoms with Crippen molar-refractivity contribution < 1.29 is 14.3 Å². The molecule has 0 saturated heterocycles. The van der Waals surface area contributed by atoms with Gasteiger partial charge >= 0.3 is 5.97 Å². The fourth-order valence-electron chi connectivity index (χ4n) is 4.20. The van der Waals surface area contributed by atoms with Crippen LogP contribution in [0.25, 0.3) is 6.08 Å². The average molecular weight is 383 g/mol. The zero-order valence-electron chi connectivity index (χ0n) is 17.0. The lowest BCUT2D eigenvalue weighted by Gasteiger charge is -2.38. The van der Waals surface area contributed by atoms with Crippen LogP contribution >= 0.6 is 0 Å². The molecule has 6 nitrogen and oxygen atoms in total. The minimum Gasteiger partial charge on any atom is -0.452 e. The van der Waals surface area contributed by atoms with Crippen LogP contribution in [0.4, 0.5) is 0 Å². The monoisotopic (exact) mass is 383 g/mol. The van der Waals surface area contributed by atoms with Gasteiger partial charge in [0.1, 0.15) is 5.54 Å². The molecule has 2 aliphatic carbocycles. The molecule has 2 fully saturated rings. The minimum atomic E-state index is -0.766. The Labute approximate surface area is 166 Å². The predicted octanol–water partition coefficient (Wildman–Crippen LogP) is 3.68. The molecule has 0 atom stereocenters. The summed E-state index contributed by atoms with van der Waals surface area (Å²) in [7, 11) is 1.63. The van der Waals surface area contributed by atoms with Gasteiger partial charge < -0.3 is 14.2 Å². The molecule has 0 aromatic carbocycles. The third-order valence-electron chi connectivity index (χ3n) is 6.08. The van der Waals surface area contributed by atoms with Crippen molar-refractivity contribution in [2.24, 2.45) is 0 Å². The summed E-state index contributed by atoms with van der Waals surface area (Å²) in [6, 6.07) is 4.97. The number of nitriles is 1.